The van der Waals surface area contributed by atoms with Crippen LogP contribution in [0.4, 0.5) is 4.39 Å². The topological polar surface area (TPSA) is 42.4 Å². The molecule has 2 aromatic carbocycles. The first-order valence-corrected chi connectivity index (χ1v) is 8.26. The number of pyridine rings is 1. The van der Waals surface area contributed by atoms with Crippen molar-refractivity contribution in [2.24, 2.45) is 0 Å². The van der Waals surface area contributed by atoms with Crippen LogP contribution in [0, 0.1) is 5.82 Å². The lowest BCUT2D eigenvalue weighted by atomic mass is 10.2. The molecule has 0 N–H and O–H groups in total. The number of rotatable bonds is 3. The van der Waals surface area contributed by atoms with Crippen LogP contribution in [0.1, 0.15) is 16.8 Å². The van der Waals surface area contributed by atoms with E-state index in [1.54, 1.807) is 23.2 Å². The molecule has 1 aliphatic rings. The second-order valence-corrected chi connectivity index (χ2v) is 6.09. The molecule has 1 amide bonds. The van der Waals surface area contributed by atoms with Gasteiger partial charge in [0.1, 0.15) is 23.2 Å². The largest absolute Gasteiger partial charge is 0.486 e. The van der Waals surface area contributed by atoms with Gasteiger partial charge in [0.15, 0.2) is 0 Å². The number of hydrogen-bond acceptors (Lipinski definition) is 3. The maximum atomic E-state index is 13.8. The van der Waals surface area contributed by atoms with E-state index < -0.39 is 5.82 Å². The Balaban J connectivity index is 1.49. The van der Waals surface area contributed by atoms with Crippen molar-refractivity contribution in [1.82, 2.24) is 9.88 Å². The summed E-state index contributed by atoms with van der Waals surface area (Å²) in [4.78, 5) is 18.5. The molecule has 3 aromatic rings. The van der Waals surface area contributed by atoms with Crippen molar-refractivity contribution >= 4 is 16.8 Å². The van der Waals surface area contributed by atoms with Gasteiger partial charge in [0.25, 0.3) is 5.91 Å². The molecule has 4 rings (SSSR count). The molecule has 1 aromatic heterocycles. The Morgan fingerprint density at radius 3 is 2.84 bits per heavy atom. The summed E-state index contributed by atoms with van der Waals surface area (Å²) in [6.45, 7) is 0.992. The van der Waals surface area contributed by atoms with Gasteiger partial charge in [-0.1, -0.05) is 30.3 Å². The highest BCUT2D eigenvalue weighted by Gasteiger charge is 2.29. The lowest BCUT2D eigenvalue weighted by molar-refractivity contribution is 0.0768. The summed E-state index contributed by atoms with van der Waals surface area (Å²) < 4.78 is 19.9. The van der Waals surface area contributed by atoms with Crippen LogP contribution in [0.25, 0.3) is 10.9 Å². The molecule has 126 valence electrons. The lowest BCUT2D eigenvalue weighted by Crippen LogP contribution is -2.31. The summed E-state index contributed by atoms with van der Waals surface area (Å²) in [5, 5.41) is 1.01. The Morgan fingerprint density at radius 1 is 1.12 bits per heavy atom. The van der Waals surface area contributed by atoms with Crippen molar-refractivity contribution in [3.63, 3.8) is 0 Å². The second-order valence-electron chi connectivity index (χ2n) is 6.09. The average molecular weight is 336 g/mol. The first-order chi connectivity index (χ1) is 12.2. The monoisotopic (exact) mass is 336 g/mol. The summed E-state index contributed by atoms with van der Waals surface area (Å²) in [7, 11) is 0. The Morgan fingerprint density at radius 2 is 1.96 bits per heavy atom. The van der Waals surface area contributed by atoms with Gasteiger partial charge >= 0.3 is 0 Å². The Labute approximate surface area is 144 Å². The van der Waals surface area contributed by atoms with Crippen LogP contribution in [-0.2, 0) is 0 Å². The van der Waals surface area contributed by atoms with E-state index in [9.17, 15) is 9.18 Å². The highest BCUT2D eigenvalue weighted by molar-refractivity contribution is 5.94. The van der Waals surface area contributed by atoms with Crippen LogP contribution in [0.3, 0.4) is 0 Å². The van der Waals surface area contributed by atoms with E-state index in [1.807, 2.05) is 30.3 Å². The van der Waals surface area contributed by atoms with Crippen molar-refractivity contribution in [3.8, 4) is 5.75 Å². The smallest absolute Gasteiger partial charge is 0.256 e. The molecule has 0 saturated carbocycles. The third kappa shape index (κ3) is 3.05. The predicted molar refractivity (Wildman–Crippen MR) is 93.1 cm³/mol. The quantitative estimate of drug-likeness (QED) is 0.733. The Kier molecular flexibility index (Phi) is 4.06. The number of amides is 1. The number of halogens is 1. The first-order valence-electron chi connectivity index (χ1n) is 8.26. The van der Waals surface area contributed by atoms with Gasteiger partial charge in [0.05, 0.1) is 12.1 Å². The Hall–Kier alpha value is -2.95. The molecule has 0 aliphatic carbocycles. The first kappa shape index (κ1) is 15.6. The summed E-state index contributed by atoms with van der Waals surface area (Å²) in [5.74, 6) is -0.0707. The van der Waals surface area contributed by atoms with E-state index in [-0.39, 0.29) is 17.6 Å². The fraction of sp³-hybridized carbons (Fsp3) is 0.200. The highest BCUT2D eigenvalue weighted by Crippen LogP contribution is 2.26. The highest BCUT2D eigenvalue weighted by atomic mass is 19.1. The molecule has 0 bridgehead atoms. The van der Waals surface area contributed by atoms with Gasteiger partial charge in [0.2, 0.25) is 0 Å². The number of hydrogen-bond donors (Lipinski definition) is 0. The standard InChI is InChI=1S/C20H17FN2O2/c21-17-8-2-1-7-16(17)20(24)23-12-10-15(13-23)25-18-9-3-5-14-6-4-11-22-19(14)18/h1-9,11,15H,10,12-13H2/t15-/m0/s1. The zero-order valence-electron chi connectivity index (χ0n) is 13.6. The molecule has 25 heavy (non-hydrogen) atoms. The molecule has 1 aliphatic heterocycles. The maximum Gasteiger partial charge on any atom is 0.256 e. The minimum absolute atomic E-state index is 0.106. The molecule has 1 fully saturated rings. The number of fused-ring (bicyclic) bond motifs is 1. The van der Waals surface area contributed by atoms with Crippen molar-refractivity contribution in [3.05, 3.63) is 72.2 Å². The van der Waals surface area contributed by atoms with Gasteiger partial charge < -0.3 is 9.64 Å². The number of nitrogens with zero attached hydrogens (tertiary/aromatic N) is 2. The number of benzene rings is 2. The zero-order valence-corrected chi connectivity index (χ0v) is 13.6. The molecule has 5 heteroatoms. The van der Waals surface area contributed by atoms with Gasteiger partial charge in [0, 0.05) is 24.5 Å². The molecular formula is C20H17FN2O2. The van der Waals surface area contributed by atoms with Crippen LogP contribution in [0.5, 0.6) is 5.75 Å². The number of aromatic nitrogens is 1. The van der Waals surface area contributed by atoms with Gasteiger partial charge in [-0.15, -0.1) is 0 Å². The predicted octanol–water partition coefficient (Wildman–Crippen LogP) is 3.67. The van der Waals surface area contributed by atoms with Gasteiger partial charge in [-0.05, 0) is 24.3 Å². The van der Waals surface area contributed by atoms with Crippen molar-refractivity contribution in [2.75, 3.05) is 13.1 Å². The second kappa shape index (κ2) is 6.51. The fourth-order valence-electron chi connectivity index (χ4n) is 3.16. The van der Waals surface area contributed by atoms with E-state index >= 15 is 0 Å². The summed E-state index contributed by atoms with van der Waals surface area (Å²) in [5.41, 5.74) is 0.916. The van der Waals surface area contributed by atoms with Crippen LogP contribution in [0.2, 0.25) is 0 Å². The molecule has 0 radical (unpaired) electrons. The van der Waals surface area contributed by atoms with Crippen molar-refractivity contribution < 1.29 is 13.9 Å². The third-order valence-electron chi connectivity index (χ3n) is 4.43. The van der Waals surface area contributed by atoms with E-state index in [0.29, 0.717) is 25.3 Å². The van der Waals surface area contributed by atoms with Gasteiger partial charge in [-0.3, -0.25) is 9.78 Å². The minimum atomic E-state index is -0.491. The van der Waals surface area contributed by atoms with Crippen molar-refractivity contribution in [2.45, 2.75) is 12.5 Å². The molecule has 0 unspecified atom stereocenters. The number of ether oxygens (including phenoxy) is 1. The van der Waals surface area contributed by atoms with E-state index in [2.05, 4.69) is 4.98 Å². The molecule has 1 saturated heterocycles. The molecule has 0 spiro atoms. The Bertz CT molecular complexity index is 923. The van der Waals surface area contributed by atoms with Crippen molar-refractivity contribution in [1.29, 1.82) is 0 Å². The van der Waals surface area contributed by atoms with Crippen LogP contribution in [0.15, 0.2) is 60.8 Å². The SMILES string of the molecule is O=C(c1ccccc1F)N1CC[C@H](Oc2cccc3cccnc23)C1. The molecule has 1 atom stereocenters. The number of carbonyl (C=O) groups is 1. The number of likely N-dealkylation sites (tertiary alicyclic amines) is 1. The van der Waals surface area contributed by atoms with E-state index in [0.717, 1.165) is 10.9 Å². The van der Waals surface area contributed by atoms with Crippen LogP contribution >= 0.6 is 0 Å². The van der Waals surface area contributed by atoms with Gasteiger partial charge in [-0.2, -0.15) is 0 Å². The fourth-order valence-corrected chi connectivity index (χ4v) is 3.16. The average Bonchev–Trinajstić information content (AvgIpc) is 3.10. The molecule has 2 heterocycles. The van der Waals surface area contributed by atoms with E-state index in [1.165, 1.54) is 12.1 Å². The molecular weight excluding hydrogens is 319 g/mol. The summed E-state index contributed by atoms with van der Waals surface area (Å²) in [6, 6.07) is 15.7. The summed E-state index contributed by atoms with van der Waals surface area (Å²) in [6.07, 6.45) is 2.32. The van der Waals surface area contributed by atoms with E-state index in [4.69, 9.17) is 4.74 Å². The maximum absolute atomic E-state index is 13.8. The van der Waals surface area contributed by atoms with Crippen LogP contribution < -0.4 is 4.74 Å². The number of carbonyl (C=O) groups excluding carboxylic acids is 1. The minimum Gasteiger partial charge on any atom is -0.486 e. The lowest BCUT2D eigenvalue weighted by Gasteiger charge is -2.18. The molecule has 4 nitrogen and oxygen atoms in total. The summed E-state index contributed by atoms with van der Waals surface area (Å²) >= 11 is 0. The normalized spacial score (nSPS) is 17.0. The van der Waals surface area contributed by atoms with Crippen LogP contribution in [-0.4, -0.2) is 35.0 Å². The zero-order chi connectivity index (χ0) is 17.2. The third-order valence-corrected chi connectivity index (χ3v) is 4.43. The number of para-hydroxylation sites is 1. The van der Waals surface area contributed by atoms with Gasteiger partial charge in [-0.25, -0.2) is 4.39 Å².